The van der Waals surface area contributed by atoms with Crippen molar-refractivity contribution >= 4 is 11.8 Å². The molecule has 0 aliphatic carbocycles. The molecule has 2 saturated heterocycles. The van der Waals surface area contributed by atoms with Crippen molar-refractivity contribution in [2.45, 2.75) is 37.8 Å². The molecule has 0 radical (unpaired) electrons. The lowest BCUT2D eigenvalue weighted by Gasteiger charge is -2.33. The predicted molar refractivity (Wildman–Crippen MR) is 88.8 cm³/mol. The first-order valence-corrected chi connectivity index (χ1v) is 8.53. The predicted octanol–water partition coefficient (Wildman–Crippen LogP) is 1.56. The van der Waals surface area contributed by atoms with Crippen LogP contribution in [0.1, 0.15) is 37.3 Å². The van der Waals surface area contributed by atoms with Gasteiger partial charge in [0.1, 0.15) is 12.1 Å². The Labute approximate surface area is 137 Å². The van der Waals surface area contributed by atoms with Crippen molar-refractivity contribution < 1.29 is 9.59 Å². The second kappa shape index (κ2) is 7.13. The van der Waals surface area contributed by atoms with Gasteiger partial charge in [-0.2, -0.15) is 0 Å². The van der Waals surface area contributed by atoms with Crippen LogP contribution in [-0.4, -0.2) is 54.3 Å². The monoisotopic (exact) mass is 315 g/mol. The van der Waals surface area contributed by atoms with Gasteiger partial charge in [0, 0.05) is 13.6 Å². The summed E-state index contributed by atoms with van der Waals surface area (Å²) in [5, 5.41) is 2.69. The minimum atomic E-state index is -0.318. The number of nitrogens with one attached hydrogen (secondary N) is 1. The molecular weight excluding hydrogens is 290 g/mol. The molecule has 0 bridgehead atoms. The molecule has 0 saturated carbocycles. The molecule has 2 heterocycles. The Morgan fingerprint density at radius 1 is 1.09 bits per heavy atom. The van der Waals surface area contributed by atoms with Crippen LogP contribution in [0.25, 0.3) is 0 Å². The van der Waals surface area contributed by atoms with Crippen molar-refractivity contribution in [2.24, 2.45) is 0 Å². The zero-order chi connectivity index (χ0) is 16.2. The molecule has 2 fully saturated rings. The molecule has 1 aromatic rings. The van der Waals surface area contributed by atoms with E-state index in [1.807, 2.05) is 30.3 Å². The maximum atomic E-state index is 13.3. The van der Waals surface area contributed by atoms with Crippen molar-refractivity contribution in [1.29, 1.82) is 0 Å². The summed E-state index contributed by atoms with van der Waals surface area (Å²) in [4.78, 5) is 29.4. The summed E-state index contributed by atoms with van der Waals surface area (Å²) in [6.07, 6.45) is 3.92. The number of amides is 2. The lowest BCUT2D eigenvalue weighted by atomic mass is 10.0. The van der Waals surface area contributed by atoms with E-state index in [1.54, 1.807) is 11.9 Å². The first kappa shape index (κ1) is 16.0. The second-order valence-electron chi connectivity index (χ2n) is 6.36. The highest BCUT2D eigenvalue weighted by atomic mass is 16.2. The van der Waals surface area contributed by atoms with Gasteiger partial charge < -0.3 is 10.2 Å². The Morgan fingerprint density at radius 2 is 1.78 bits per heavy atom. The van der Waals surface area contributed by atoms with Crippen molar-refractivity contribution in [2.75, 3.05) is 26.7 Å². The van der Waals surface area contributed by atoms with Gasteiger partial charge >= 0.3 is 0 Å². The van der Waals surface area contributed by atoms with Gasteiger partial charge in [-0.15, -0.1) is 0 Å². The Bertz CT molecular complexity index is 555. The van der Waals surface area contributed by atoms with Crippen molar-refractivity contribution in [3.8, 4) is 0 Å². The van der Waals surface area contributed by atoms with Gasteiger partial charge in [0.25, 0.3) is 0 Å². The van der Waals surface area contributed by atoms with Crippen LogP contribution < -0.4 is 5.32 Å². The third-order valence-corrected chi connectivity index (χ3v) is 4.94. The third-order valence-electron chi connectivity index (χ3n) is 4.94. The van der Waals surface area contributed by atoms with Gasteiger partial charge in [0.2, 0.25) is 11.8 Å². The van der Waals surface area contributed by atoms with Crippen LogP contribution in [-0.2, 0) is 9.59 Å². The summed E-state index contributed by atoms with van der Waals surface area (Å²) in [5.74, 6) is 0.0216. The van der Waals surface area contributed by atoms with E-state index in [4.69, 9.17) is 0 Å². The summed E-state index contributed by atoms with van der Waals surface area (Å²) in [7, 11) is 1.64. The van der Waals surface area contributed by atoms with E-state index < -0.39 is 0 Å². The molecule has 2 unspecified atom stereocenters. The smallest absolute Gasteiger partial charge is 0.245 e. The van der Waals surface area contributed by atoms with E-state index in [0.29, 0.717) is 6.54 Å². The lowest BCUT2D eigenvalue weighted by molar-refractivity contribution is -0.142. The molecule has 124 valence electrons. The minimum Gasteiger partial charge on any atom is -0.357 e. The van der Waals surface area contributed by atoms with Crippen LogP contribution in [0.15, 0.2) is 30.3 Å². The van der Waals surface area contributed by atoms with Crippen molar-refractivity contribution in [3.05, 3.63) is 35.9 Å². The molecule has 1 aromatic carbocycles. The van der Waals surface area contributed by atoms with E-state index in [0.717, 1.165) is 44.3 Å². The highest BCUT2D eigenvalue weighted by Crippen LogP contribution is 2.30. The van der Waals surface area contributed by atoms with Crippen LogP contribution in [0.5, 0.6) is 0 Å². The standard InChI is InChI=1S/C18H25N3O2/c1-19-17(22)15-10-7-13-21(15)18(23)16(20-11-5-6-12-20)14-8-3-2-4-9-14/h2-4,8-9,15-16H,5-7,10-13H2,1H3,(H,19,22). The second-order valence-corrected chi connectivity index (χ2v) is 6.36. The Hall–Kier alpha value is -1.88. The van der Waals surface area contributed by atoms with E-state index in [9.17, 15) is 9.59 Å². The van der Waals surface area contributed by atoms with Gasteiger partial charge in [0.05, 0.1) is 0 Å². The van der Waals surface area contributed by atoms with Gasteiger partial charge in [-0.05, 0) is 44.3 Å². The number of carbonyl (C=O) groups excluding carboxylic acids is 2. The highest BCUT2D eigenvalue weighted by molar-refractivity contribution is 5.90. The minimum absolute atomic E-state index is 0.0518. The topological polar surface area (TPSA) is 52.7 Å². The molecule has 2 aliphatic rings. The summed E-state index contributed by atoms with van der Waals surface area (Å²) in [6.45, 7) is 2.57. The summed E-state index contributed by atoms with van der Waals surface area (Å²) in [5.41, 5.74) is 1.03. The number of hydrogen-bond acceptors (Lipinski definition) is 3. The molecular formula is C18H25N3O2. The maximum Gasteiger partial charge on any atom is 0.245 e. The molecule has 5 heteroatoms. The number of benzene rings is 1. The molecule has 3 rings (SSSR count). The molecule has 2 aliphatic heterocycles. The molecule has 1 N–H and O–H groups in total. The van der Waals surface area contributed by atoms with Crippen LogP contribution in [0, 0.1) is 0 Å². The zero-order valence-electron chi connectivity index (χ0n) is 13.7. The molecule has 0 aromatic heterocycles. The van der Waals surface area contributed by atoms with Gasteiger partial charge in [-0.1, -0.05) is 30.3 Å². The summed E-state index contributed by atoms with van der Waals surface area (Å²) >= 11 is 0. The Morgan fingerprint density at radius 3 is 2.43 bits per heavy atom. The quantitative estimate of drug-likeness (QED) is 0.917. The number of rotatable bonds is 4. The molecule has 0 spiro atoms. The summed E-state index contributed by atoms with van der Waals surface area (Å²) in [6, 6.07) is 9.39. The maximum absolute atomic E-state index is 13.3. The normalized spacial score (nSPS) is 23.0. The molecule has 23 heavy (non-hydrogen) atoms. The van der Waals surface area contributed by atoms with Gasteiger partial charge in [0.15, 0.2) is 0 Å². The first-order valence-electron chi connectivity index (χ1n) is 8.53. The first-order chi connectivity index (χ1) is 11.2. The molecule has 2 amide bonds. The van der Waals surface area contributed by atoms with Gasteiger partial charge in [-0.3, -0.25) is 14.5 Å². The van der Waals surface area contributed by atoms with Crippen molar-refractivity contribution in [3.63, 3.8) is 0 Å². The highest BCUT2D eigenvalue weighted by Gasteiger charge is 2.39. The molecule has 5 nitrogen and oxygen atoms in total. The average molecular weight is 315 g/mol. The largest absolute Gasteiger partial charge is 0.357 e. The number of likely N-dealkylation sites (N-methyl/N-ethyl adjacent to an activating group) is 1. The van der Waals surface area contributed by atoms with Crippen LogP contribution in [0.3, 0.4) is 0 Å². The SMILES string of the molecule is CNC(=O)C1CCCN1C(=O)C(c1ccccc1)N1CCCC1. The lowest BCUT2D eigenvalue weighted by Crippen LogP contribution is -2.49. The van der Waals surface area contributed by atoms with Crippen LogP contribution >= 0.6 is 0 Å². The fourth-order valence-electron chi connectivity index (χ4n) is 3.77. The number of hydrogen-bond donors (Lipinski definition) is 1. The Balaban J connectivity index is 1.87. The molecule has 2 atom stereocenters. The average Bonchev–Trinajstić information content (AvgIpc) is 3.27. The van der Waals surface area contributed by atoms with Crippen molar-refractivity contribution in [1.82, 2.24) is 15.1 Å². The van der Waals surface area contributed by atoms with Crippen LogP contribution in [0.4, 0.5) is 0 Å². The summed E-state index contributed by atoms with van der Waals surface area (Å²) < 4.78 is 0. The fraction of sp³-hybridized carbons (Fsp3) is 0.556. The number of likely N-dealkylation sites (tertiary alicyclic amines) is 2. The Kier molecular flexibility index (Phi) is 4.96. The van der Waals surface area contributed by atoms with E-state index in [1.165, 1.54) is 0 Å². The number of nitrogens with zero attached hydrogens (tertiary/aromatic N) is 2. The zero-order valence-corrected chi connectivity index (χ0v) is 13.7. The van der Waals surface area contributed by atoms with Crippen LogP contribution in [0.2, 0.25) is 0 Å². The third kappa shape index (κ3) is 3.24. The van der Waals surface area contributed by atoms with E-state index in [2.05, 4.69) is 10.2 Å². The number of carbonyl (C=O) groups is 2. The fourth-order valence-corrected chi connectivity index (χ4v) is 3.77. The van der Waals surface area contributed by atoms with Gasteiger partial charge in [-0.25, -0.2) is 0 Å². The van der Waals surface area contributed by atoms with E-state index in [-0.39, 0.29) is 23.9 Å². The van der Waals surface area contributed by atoms with E-state index >= 15 is 0 Å².